The summed E-state index contributed by atoms with van der Waals surface area (Å²) in [5.74, 6) is -0.194. The smallest absolute Gasteiger partial charge is 0.341 e. The molecule has 0 amide bonds. The number of ether oxygens (including phenoxy) is 1. The predicted octanol–water partition coefficient (Wildman–Crippen LogP) is 4.59. The van der Waals surface area contributed by atoms with Crippen LogP contribution in [0, 0.1) is 0 Å². The van der Waals surface area contributed by atoms with Crippen LogP contribution in [-0.2, 0) is 4.79 Å². The van der Waals surface area contributed by atoms with E-state index in [0.717, 1.165) is 24.0 Å². The van der Waals surface area contributed by atoms with Gasteiger partial charge in [0.1, 0.15) is 11.5 Å². The van der Waals surface area contributed by atoms with Crippen LogP contribution in [0.25, 0.3) is 11.1 Å². The lowest BCUT2D eigenvalue weighted by molar-refractivity contribution is -0.139. The molecular formula is C20H22O4. The normalized spacial score (nSPS) is 11.8. The highest BCUT2D eigenvalue weighted by atomic mass is 16.5. The maximum Gasteiger partial charge on any atom is 0.341 e. The van der Waals surface area contributed by atoms with Crippen LogP contribution in [0.4, 0.5) is 0 Å². The lowest BCUT2D eigenvalue weighted by Gasteiger charge is -2.15. The van der Waals surface area contributed by atoms with Gasteiger partial charge in [-0.1, -0.05) is 38.1 Å². The topological polar surface area (TPSA) is 66.8 Å². The molecule has 0 aliphatic heterocycles. The molecule has 0 heterocycles. The van der Waals surface area contributed by atoms with Crippen LogP contribution in [0.1, 0.15) is 37.8 Å². The van der Waals surface area contributed by atoms with Crippen molar-refractivity contribution in [3.05, 3.63) is 59.7 Å². The summed E-state index contributed by atoms with van der Waals surface area (Å²) in [5, 5.41) is 18.1. The number of phenolic OH excluding ortho intramolecular Hbond substituents is 1. The second kappa shape index (κ2) is 8.20. The average molecular weight is 326 g/mol. The lowest BCUT2D eigenvalue weighted by Crippen LogP contribution is -2.09. The van der Waals surface area contributed by atoms with E-state index in [9.17, 15) is 9.90 Å². The van der Waals surface area contributed by atoms with E-state index in [0.29, 0.717) is 5.75 Å². The first-order chi connectivity index (χ1) is 11.5. The lowest BCUT2D eigenvalue weighted by atomic mass is 9.91. The molecule has 4 heteroatoms. The molecule has 0 unspecified atom stereocenters. The highest BCUT2D eigenvalue weighted by molar-refractivity contribution is 5.90. The molecule has 126 valence electrons. The van der Waals surface area contributed by atoms with E-state index in [2.05, 4.69) is 13.8 Å². The van der Waals surface area contributed by atoms with Crippen LogP contribution < -0.4 is 4.74 Å². The third-order valence-electron chi connectivity index (χ3n) is 3.85. The molecular weight excluding hydrogens is 304 g/mol. The molecule has 24 heavy (non-hydrogen) atoms. The van der Waals surface area contributed by atoms with Crippen molar-refractivity contribution in [1.82, 2.24) is 0 Å². The molecule has 2 rings (SSSR count). The number of aromatic hydroxyl groups is 1. The van der Waals surface area contributed by atoms with Gasteiger partial charge in [0.05, 0.1) is 0 Å². The number of allylic oxidation sites excluding steroid dienone is 2. The van der Waals surface area contributed by atoms with Gasteiger partial charge in [-0.25, -0.2) is 4.79 Å². The molecule has 2 N–H and O–H groups in total. The summed E-state index contributed by atoms with van der Waals surface area (Å²) in [6.07, 6.45) is 1.75. The Kier molecular flexibility index (Phi) is 6.01. The summed E-state index contributed by atoms with van der Waals surface area (Å²) in [6, 6.07) is 14.7. The van der Waals surface area contributed by atoms with Gasteiger partial charge in [-0.15, -0.1) is 0 Å². The van der Waals surface area contributed by atoms with E-state index < -0.39 is 5.97 Å². The molecule has 0 saturated heterocycles. The van der Waals surface area contributed by atoms with Gasteiger partial charge in [0.25, 0.3) is 0 Å². The van der Waals surface area contributed by atoms with Crippen molar-refractivity contribution in [2.24, 2.45) is 0 Å². The first kappa shape index (κ1) is 17.6. The quantitative estimate of drug-likeness (QED) is 0.731. The first-order valence-electron chi connectivity index (χ1n) is 8.01. The third-order valence-corrected chi connectivity index (χ3v) is 3.85. The minimum atomic E-state index is -0.992. The van der Waals surface area contributed by atoms with Gasteiger partial charge < -0.3 is 14.9 Å². The van der Waals surface area contributed by atoms with Crippen LogP contribution in [-0.4, -0.2) is 22.8 Å². The Labute approximate surface area is 142 Å². The van der Waals surface area contributed by atoms with Crippen LogP contribution in [0.3, 0.4) is 0 Å². The molecule has 0 bridgehead atoms. The molecule has 0 aliphatic carbocycles. The second-order valence-electron chi connectivity index (χ2n) is 5.42. The maximum absolute atomic E-state index is 10.6. The average Bonchev–Trinajstić information content (AvgIpc) is 2.59. The van der Waals surface area contributed by atoms with E-state index in [-0.39, 0.29) is 12.4 Å². The second-order valence-corrected chi connectivity index (χ2v) is 5.42. The van der Waals surface area contributed by atoms with Crippen molar-refractivity contribution in [2.75, 3.05) is 6.61 Å². The monoisotopic (exact) mass is 326 g/mol. The maximum atomic E-state index is 10.6. The van der Waals surface area contributed by atoms with Gasteiger partial charge in [0.2, 0.25) is 0 Å². The van der Waals surface area contributed by atoms with Crippen LogP contribution in [0.15, 0.2) is 48.5 Å². The van der Waals surface area contributed by atoms with Gasteiger partial charge in [-0.2, -0.15) is 0 Å². The first-order valence-corrected chi connectivity index (χ1v) is 8.01. The fourth-order valence-corrected chi connectivity index (χ4v) is 2.74. The Balaban J connectivity index is 2.34. The molecule has 0 spiro atoms. The molecule has 2 aromatic carbocycles. The van der Waals surface area contributed by atoms with Crippen molar-refractivity contribution >= 4 is 17.1 Å². The summed E-state index contributed by atoms with van der Waals surface area (Å²) >= 11 is 0. The Bertz CT molecular complexity index is 712. The third kappa shape index (κ3) is 4.38. The number of phenols is 1. The number of rotatable bonds is 7. The fourth-order valence-electron chi connectivity index (χ4n) is 2.74. The summed E-state index contributed by atoms with van der Waals surface area (Å²) in [4.78, 5) is 10.6. The van der Waals surface area contributed by atoms with E-state index in [1.807, 2.05) is 24.3 Å². The molecule has 2 aromatic rings. The molecule has 0 radical (unpaired) electrons. The Morgan fingerprint density at radius 3 is 1.75 bits per heavy atom. The zero-order valence-electron chi connectivity index (χ0n) is 14.0. The van der Waals surface area contributed by atoms with Crippen molar-refractivity contribution in [3.8, 4) is 11.5 Å². The molecule has 0 fully saturated rings. The van der Waals surface area contributed by atoms with Crippen LogP contribution >= 0.6 is 0 Å². The van der Waals surface area contributed by atoms with Crippen molar-refractivity contribution in [1.29, 1.82) is 0 Å². The Hall–Kier alpha value is -2.75. The zero-order valence-corrected chi connectivity index (χ0v) is 14.0. The highest BCUT2D eigenvalue weighted by Crippen LogP contribution is 2.32. The number of aliphatic carboxylic acids is 1. The number of carboxylic acids is 1. The Morgan fingerprint density at radius 1 is 0.875 bits per heavy atom. The summed E-state index contributed by atoms with van der Waals surface area (Å²) < 4.78 is 5.18. The minimum absolute atomic E-state index is 0.257. The molecule has 0 saturated carbocycles. The van der Waals surface area contributed by atoms with E-state index in [1.165, 1.54) is 11.1 Å². The summed E-state index contributed by atoms with van der Waals surface area (Å²) in [5.41, 5.74) is 4.65. The number of hydrogen-bond acceptors (Lipinski definition) is 3. The van der Waals surface area contributed by atoms with Gasteiger partial charge in [0.15, 0.2) is 6.61 Å². The number of benzene rings is 2. The van der Waals surface area contributed by atoms with Gasteiger partial charge in [-0.3, -0.25) is 0 Å². The zero-order chi connectivity index (χ0) is 17.5. The van der Waals surface area contributed by atoms with Gasteiger partial charge in [0, 0.05) is 0 Å². The number of hydrogen-bond donors (Lipinski definition) is 2. The highest BCUT2D eigenvalue weighted by Gasteiger charge is 2.09. The van der Waals surface area contributed by atoms with Crippen molar-refractivity contribution in [3.63, 3.8) is 0 Å². The molecule has 0 aromatic heterocycles. The SMILES string of the molecule is CC/C(=C(/CC)c1ccc(OCC(=O)O)cc1)c1ccc(O)cc1. The molecule has 0 atom stereocenters. The minimum Gasteiger partial charge on any atom is -0.508 e. The van der Waals surface area contributed by atoms with Crippen molar-refractivity contribution < 1.29 is 19.7 Å². The van der Waals surface area contributed by atoms with Crippen LogP contribution in [0.2, 0.25) is 0 Å². The standard InChI is InChI=1S/C20H22O4/c1-3-18(14-5-9-16(21)10-6-14)19(4-2)15-7-11-17(12-8-15)24-13-20(22)23/h5-12,21H,3-4,13H2,1-2H3,(H,22,23)/b19-18+. The summed E-state index contributed by atoms with van der Waals surface area (Å²) in [7, 11) is 0. The number of carbonyl (C=O) groups is 1. The van der Waals surface area contributed by atoms with E-state index >= 15 is 0 Å². The van der Waals surface area contributed by atoms with Gasteiger partial charge >= 0.3 is 5.97 Å². The largest absolute Gasteiger partial charge is 0.508 e. The van der Waals surface area contributed by atoms with E-state index in [4.69, 9.17) is 9.84 Å². The fraction of sp³-hybridized carbons (Fsp3) is 0.250. The predicted molar refractivity (Wildman–Crippen MR) is 95.1 cm³/mol. The van der Waals surface area contributed by atoms with E-state index in [1.54, 1.807) is 24.3 Å². The van der Waals surface area contributed by atoms with Crippen LogP contribution in [0.5, 0.6) is 11.5 Å². The number of carboxylic acid groups (broad SMARTS) is 1. The molecule has 0 aliphatic rings. The summed E-state index contributed by atoms with van der Waals surface area (Å²) in [6.45, 7) is 3.88. The molecule has 4 nitrogen and oxygen atoms in total. The Morgan fingerprint density at radius 2 is 1.33 bits per heavy atom. The van der Waals surface area contributed by atoms with Gasteiger partial charge in [-0.05, 0) is 59.4 Å². The van der Waals surface area contributed by atoms with Crippen molar-refractivity contribution in [2.45, 2.75) is 26.7 Å².